The maximum atomic E-state index is 7.48. The van der Waals surface area contributed by atoms with Crippen LogP contribution in [0.4, 0.5) is 0 Å². The summed E-state index contributed by atoms with van der Waals surface area (Å²) in [6.07, 6.45) is 1.64. The van der Waals surface area contributed by atoms with E-state index >= 15 is 0 Å². The smallest absolute Gasteiger partial charge is 0.166 e. The molecule has 0 spiro atoms. The summed E-state index contributed by atoms with van der Waals surface area (Å²) < 4.78 is 14.9. The second-order valence-electron chi connectivity index (χ2n) is 1.92. The number of nitrogens with one attached hydrogen (secondary N) is 1. The van der Waals surface area contributed by atoms with Crippen molar-refractivity contribution >= 4 is 10.9 Å². The van der Waals surface area contributed by atoms with E-state index in [2.05, 4.69) is 0 Å². The van der Waals surface area contributed by atoms with Gasteiger partial charge in [-0.2, -0.15) is 0 Å². The fraction of sp³-hybridized carbons (Fsp3) is 0. The van der Waals surface area contributed by atoms with Crippen molar-refractivity contribution < 1.29 is 2.78 Å². The van der Waals surface area contributed by atoms with Crippen molar-refractivity contribution in [3.63, 3.8) is 0 Å². The molecule has 0 unspecified atom stereocenters. The molecule has 0 fully saturated rings. The monoisotopic (exact) mass is 119 g/mol. The normalized spacial score (nSPS) is 13.3. The number of aromatic nitrogens is 1. The van der Waals surface area contributed by atoms with Crippen molar-refractivity contribution in [2.75, 3.05) is 0 Å². The molecule has 0 saturated heterocycles. The van der Waals surface area contributed by atoms with Crippen LogP contribution in [0.2, 0.25) is 1.41 Å². The Bertz CT molecular complexity index is 392. The zero-order chi connectivity index (χ0) is 7.84. The van der Waals surface area contributed by atoms with Crippen LogP contribution < -0.4 is 0 Å². The number of rotatable bonds is 0. The minimum Gasteiger partial charge on any atom is -0.361 e. The van der Waals surface area contributed by atoms with Gasteiger partial charge in [0.25, 0.3) is 0 Å². The summed E-state index contributed by atoms with van der Waals surface area (Å²) in [6, 6.07) is 7.65. The quantitative estimate of drug-likeness (QED) is 0.547. The molecule has 44 valence electrons. The molecule has 0 bridgehead atoms. The van der Waals surface area contributed by atoms with Gasteiger partial charge in [-0.05, 0) is 17.5 Å². The van der Waals surface area contributed by atoms with Gasteiger partial charge in [-0.25, -0.2) is 0 Å². The molecule has 0 atom stereocenters. The van der Waals surface area contributed by atoms with E-state index in [0.29, 0.717) is 11.6 Å². The van der Waals surface area contributed by atoms with Crippen molar-refractivity contribution in [2.24, 2.45) is 0 Å². The topological polar surface area (TPSA) is 15.8 Å². The third-order valence-corrected chi connectivity index (χ3v) is 1.32. The van der Waals surface area contributed by atoms with E-state index in [-0.39, 0.29) is 0 Å². The molecular weight excluding hydrogens is 110 g/mol. The predicted octanol–water partition coefficient (Wildman–Crippen LogP) is 2.17. The lowest BCUT2D eigenvalue weighted by molar-refractivity contribution is 1.48. The molecule has 1 N–H and O–H groups in total. The van der Waals surface area contributed by atoms with E-state index in [1.807, 2.05) is 18.2 Å². The first-order chi connectivity index (χ1) is 5.29. The number of hydrogen-bond acceptors (Lipinski definition) is 0. The van der Waals surface area contributed by atoms with Crippen molar-refractivity contribution in [1.29, 1.82) is 0 Å². The molecule has 0 radical (unpaired) electrons. The van der Waals surface area contributed by atoms with Gasteiger partial charge < -0.3 is 4.98 Å². The van der Waals surface area contributed by atoms with Gasteiger partial charge in [-0.1, -0.05) is 18.2 Å². The highest BCUT2D eigenvalue weighted by Gasteiger charge is 1.86. The van der Waals surface area contributed by atoms with E-state index in [1.54, 1.807) is 12.3 Å². The van der Waals surface area contributed by atoms with E-state index in [0.717, 1.165) is 5.39 Å². The van der Waals surface area contributed by atoms with Crippen LogP contribution in [0.15, 0.2) is 36.5 Å². The molecule has 1 heteroatoms. The molecule has 0 aliphatic carbocycles. The molecule has 1 heterocycles. The number of fused-ring (bicyclic) bond motifs is 1. The van der Waals surface area contributed by atoms with Gasteiger partial charge in [-0.15, -0.1) is 0 Å². The van der Waals surface area contributed by atoms with Crippen LogP contribution in [-0.2, 0) is 0 Å². The predicted molar refractivity (Wildman–Crippen MR) is 38.3 cm³/mol. The number of hydrogen-bond donors (Lipinski definition) is 1. The lowest BCUT2D eigenvalue weighted by Crippen LogP contribution is -1.61. The average molecular weight is 119 g/mol. The Hall–Kier alpha value is -1.24. The lowest BCUT2D eigenvalue weighted by Gasteiger charge is -1.83. The van der Waals surface area contributed by atoms with E-state index in [9.17, 15) is 0 Å². The van der Waals surface area contributed by atoms with Gasteiger partial charge in [0.2, 0.25) is 0 Å². The van der Waals surface area contributed by atoms with Gasteiger partial charge >= 0.3 is 0 Å². The molecule has 0 aliphatic heterocycles. The van der Waals surface area contributed by atoms with Gasteiger partial charge in [0.15, 0.2) is 1.41 Å². The lowest BCUT2D eigenvalue weighted by atomic mass is 10.3. The Morgan fingerprint density at radius 3 is 3.33 bits per heavy atom. The standard InChI is InChI=1S/C8H7N/c1-2-4-8-7(3-1)5-6-9-8/h1-6,9H/i4D/hD. The fourth-order valence-corrected chi connectivity index (χ4v) is 0.879. The molecule has 1 aromatic carbocycles. The third-order valence-electron chi connectivity index (χ3n) is 1.32. The second kappa shape index (κ2) is 1.62. The Morgan fingerprint density at radius 1 is 1.44 bits per heavy atom. The summed E-state index contributed by atoms with van der Waals surface area (Å²) in [7, 11) is 0. The third kappa shape index (κ3) is 0.617. The van der Waals surface area contributed by atoms with Gasteiger partial charge in [0, 0.05) is 11.7 Å². The Labute approximate surface area is 56.2 Å². The highest BCUT2D eigenvalue weighted by molar-refractivity contribution is 5.78. The Morgan fingerprint density at radius 2 is 2.44 bits per heavy atom. The molecule has 0 saturated carbocycles. The molecule has 2 aromatic rings. The first kappa shape index (κ1) is 3.06. The maximum Gasteiger partial charge on any atom is 0.166 e. The number of aromatic amines is 1. The van der Waals surface area contributed by atoms with Crippen LogP contribution in [0.5, 0.6) is 0 Å². The van der Waals surface area contributed by atoms with Crippen molar-refractivity contribution in [3.05, 3.63) is 36.5 Å². The van der Waals surface area contributed by atoms with Crippen LogP contribution in [0.3, 0.4) is 0 Å². The summed E-state index contributed by atoms with van der Waals surface area (Å²) in [6.45, 7) is 0. The average Bonchev–Trinajstić information content (AvgIpc) is 2.34. The summed E-state index contributed by atoms with van der Waals surface area (Å²) in [5.74, 6) is 0. The SMILES string of the molecule is [2H]c1cccc2ccn([2H])c12. The maximum absolute atomic E-state index is 7.48. The Balaban J connectivity index is 2.96. The zero-order valence-electron chi connectivity index (χ0n) is 6.83. The summed E-state index contributed by atoms with van der Waals surface area (Å²) in [4.78, 5) is 1.22. The van der Waals surface area contributed by atoms with Crippen LogP contribution in [-0.4, -0.2) is 4.98 Å². The number of benzene rings is 1. The molecule has 2 rings (SSSR count). The van der Waals surface area contributed by atoms with E-state index < -0.39 is 0 Å². The largest absolute Gasteiger partial charge is 0.361 e. The molecule has 1 nitrogen and oxygen atoms in total. The van der Waals surface area contributed by atoms with Crippen LogP contribution in [0.25, 0.3) is 10.9 Å². The number of para-hydroxylation sites is 1. The van der Waals surface area contributed by atoms with Crippen molar-refractivity contribution in [2.45, 2.75) is 0 Å². The van der Waals surface area contributed by atoms with Crippen LogP contribution in [0.1, 0.15) is 1.37 Å². The van der Waals surface area contributed by atoms with Gasteiger partial charge in [0.1, 0.15) is 0 Å². The molecule has 0 aliphatic rings. The van der Waals surface area contributed by atoms with Gasteiger partial charge in [-0.3, -0.25) is 0 Å². The summed E-state index contributed by atoms with van der Waals surface area (Å²) in [5.41, 5.74) is 0.674. The van der Waals surface area contributed by atoms with Crippen molar-refractivity contribution in [1.82, 2.24) is 4.98 Å². The highest BCUT2D eigenvalue weighted by atomic mass is 14.6. The first-order valence-electron chi connectivity index (χ1n) is 3.80. The van der Waals surface area contributed by atoms with Crippen LogP contribution in [0, 0.1) is 0 Å². The van der Waals surface area contributed by atoms with E-state index in [1.165, 1.54) is 4.98 Å². The summed E-state index contributed by atoms with van der Waals surface area (Å²) in [5, 5.41) is 0.951. The minimum absolute atomic E-state index is 0.405. The zero-order valence-corrected chi connectivity index (χ0v) is 4.83. The van der Waals surface area contributed by atoms with Crippen molar-refractivity contribution in [3.8, 4) is 0 Å². The minimum atomic E-state index is 0.405. The van der Waals surface area contributed by atoms with Gasteiger partial charge in [0.05, 0.1) is 1.37 Å². The number of H-pyrrole nitrogens is 1. The fourth-order valence-electron chi connectivity index (χ4n) is 0.879. The Kier molecular flexibility index (Phi) is 0.552. The molecule has 1 aromatic heterocycles. The van der Waals surface area contributed by atoms with Crippen LogP contribution >= 0.6 is 0 Å². The van der Waals surface area contributed by atoms with E-state index in [4.69, 9.17) is 2.78 Å². The highest BCUT2D eigenvalue weighted by Crippen LogP contribution is 2.09. The molecule has 0 amide bonds. The summed E-state index contributed by atoms with van der Waals surface area (Å²) >= 11 is 0. The second-order valence-corrected chi connectivity index (χ2v) is 1.92. The molecular formula is C8H7N. The first-order valence-corrected chi connectivity index (χ1v) is 2.85. The molecule has 9 heavy (non-hydrogen) atoms.